The molecular weight excluding hydrogens is 250 g/mol. The zero-order chi connectivity index (χ0) is 13.8. The third-order valence-corrected chi connectivity index (χ3v) is 3.64. The zero-order valence-corrected chi connectivity index (χ0v) is 11.6. The van der Waals surface area contributed by atoms with Crippen molar-refractivity contribution in [2.24, 2.45) is 5.41 Å². The molecule has 0 fully saturated rings. The molecule has 0 aliphatic rings. The van der Waals surface area contributed by atoms with Gasteiger partial charge in [0, 0.05) is 6.26 Å². The van der Waals surface area contributed by atoms with Crippen LogP contribution in [0.5, 0.6) is 5.75 Å². The van der Waals surface area contributed by atoms with Crippen molar-refractivity contribution in [3.05, 3.63) is 24.3 Å². The molecule has 0 spiro atoms. The predicted molar refractivity (Wildman–Crippen MR) is 69.1 cm³/mol. The van der Waals surface area contributed by atoms with Crippen LogP contribution in [0, 0.1) is 16.7 Å². The van der Waals surface area contributed by atoms with Crippen molar-refractivity contribution in [2.75, 3.05) is 12.9 Å². The largest absolute Gasteiger partial charge is 0.493 e. The SMILES string of the molecule is CC(C)(C#N)CCOc1cccc(S(C)(=O)=O)c1. The van der Waals surface area contributed by atoms with Gasteiger partial charge >= 0.3 is 0 Å². The van der Waals surface area contributed by atoms with Gasteiger partial charge in [0.2, 0.25) is 0 Å². The van der Waals surface area contributed by atoms with Gasteiger partial charge in [0.1, 0.15) is 5.75 Å². The Kier molecular flexibility index (Phi) is 4.36. The second-order valence-electron chi connectivity index (χ2n) is 4.84. The summed E-state index contributed by atoms with van der Waals surface area (Å²) in [6.45, 7) is 4.06. The Hall–Kier alpha value is -1.54. The Morgan fingerprint density at radius 3 is 2.61 bits per heavy atom. The summed E-state index contributed by atoms with van der Waals surface area (Å²) in [5.41, 5.74) is -0.436. The smallest absolute Gasteiger partial charge is 0.175 e. The maximum atomic E-state index is 11.4. The molecule has 0 radical (unpaired) electrons. The van der Waals surface area contributed by atoms with Crippen molar-refractivity contribution in [2.45, 2.75) is 25.2 Å². The van der Waals surface area contributed by atoms with Crippen LogP contribution in [0.4, 0.5) is 0 Å². The highest BCUT2D eigenvalue weighted by Crippen LogP contribution is 2.21. The molecule has 0 saturated carbocycles. The van der Waals surface area contributed by atoms with Gasteiger partial charge in [-0.1, -0.05) is 6.07 Å². The summed E-state index contributed by atoms with van der Waals surface area (Å²) in [5.74, 6) is 0.506. The first kappa shape index (κ1) is 14.5. The molecule has 0 amide bonds. The molecule has 0 aliphatic heterocycles. The molecule has 1 aromatic carbocycles. The van der Waals surface area contributed by atoms with E-state index >= 15 is 0 Å². The molecule has 0 saturated heterocycles. The fraction of sp³-hybridized carbons (Fsp3) is 0.462. The van der Waals surface area contributed by atoms with E-state index in [4.69, 9.17) is 10.00 Å². The standard InChI is InChI=1S/C13H17NO3S/c1-13(2,10-14)7-8-17-11-5-4-6-12(9-11)18(3,15)16/h4-6,9H,7-8H2,1-3H3. The Balaban J connectivity index is 2.68. The van der Waals surface area contributed by atoms with Crippen molar-refractivity contribution < 1.29 is 13.2 Å². The zero-order valence-electron chi connectivity index (χ0n) is 10.8. The van der Waals surface area contributed by atoms with Gasteiger partial charge in [-0.3, -0.25) is 0 Å². The van der Waals surface area contributed by atoms with Crippen molar-refractivity contribution in [1.29, 1.82) is 5.26 Å². The number of sulfone groups is 1. The lowest BCUT2D eigenvalue weighted by atomic mass is 9.92. The van der Waals surface area contributed by atoms with E-state index in [1.165, 1.54) is 12.1 Å². The molecule has 1 aromatic rings. The van der Waals surface area contributed by atoms with Crippen LogP contribution in [-0.2, 0) is 9.84 Å². The van der Waals surface area contributed by atoms with Crippen molar-refractivity contribution >= 4 is 9.84 Å². The quantitative estimate of drug-likeness (QED) is 0.821. The normalized spacial score (nSPS) is 11.9. The Bertz CT molecular complexity index is 556. The third-order valence-electron chi connectivity index (χ3n) is 2.53. The molecule has 18 heavy (non-hydrogen) atoms. The number of rotatable bonds is 5. The van der Waals surface area contributed by atoms with E-state index < -0.39 is 15.3 Å². The number of benzene rings is 1. The van der Waals surface area contributed by atoms with Gasteiger partial charge in [-0.05, 0) is 38.5 Å². The third kappa shape index (κ3) is 4.38. The summed E-state index contributed by atoms with van der Waals surface area (Å²) in [5, 5.41) is 8.86. The molecule has 0 aromatic heterocycles. The maximum Gasteiger partial charge on any atom is 0.175 e. The second kappa shape index (κ2) is 5.40. The molecule has 0 atom stereocenters. The number of ether oxygens (including phenoxy) is 1. The topological polar surface area (TPSA) is 67.2 Å². The molecule has 0 heterocycles. The van der Waals surface area contributed by atoms with Gasteiger partial charge in [-0.2, -0.15) is 5.26 Å². The molecular formula is C13H17NO3S. The monoisotopic (exact) mass is 267 g/mol. The molecule has 0 bridgehead atoms. The Morgan fingerprint density at radius 1 is 1.39 bits per heavy atom. The highest BCUT2D eigenvalue weighted by Gasteiger charge is 2.16. The lowest BCUT2D eigenvalue weighted by Crippen LogP contribution is -2.13. The van der Waals surface area contributed by atoms with E-state index in [1.54, 1.807) is 12.1 Å². The first-order valence-electron chi connectivity index (χ1n) is 5.59. The van der Waals surface area contributed by atoms with Crippen molar-refractivity contribution in [1.82, 2.24) is 0 Å². The van der Waals surface area contributed by atoms with Gasteiger partial charge in [0.25, 0.3) is 0 Å². The van der Waals surface area contributed by atoms with Gasteiger partial charge in [-0.15, -0.1) is 0 Å². The Morgan fingerprint density at radius 2 is 2.06 bits per heavy atom. The molecule has 1 rings (SSSR count). The molecule has 0 unspecified atom stereocenters. The van der Waals surface area contributed by atoms with Gasteiger partial charge in [-0.25, -0.2) is 8.42 Å². The van der Waals surface area contributed by atoms with E-state index in [-0.39, 0.29) is 4.90 Å². The molecule has 0 N–H and O–H groups in total. The summed E-state index contributed by atoms with van der Waals surface area (Å²) in [4.78, 5) is 0.236. The predicted octanol–water partition coefficient (Wildman–Crippen LogP) is 2.41. The first-order valence-corrected chi connectivity index (χ1v) is 7.48. The fourth-order valence-electron chi connectivity index (χ4n) is 1.27. The number of nitriles is 1. The summed E-state index contributed by atoms with van der Waals surface area (Å²) in [6, 6.07) is 8.55. The van der Waals surface area contributed by atoms with E-state index in [9.17, 15) is 8.42 Å². The summed E-state index contributed by atoms with van der Waals surface area (Å²) in [7, 11) is -3.22. The van der Waals surface area contributed by atoms with Crippen molar-refractivity contribution in [3.63, 3.8) is 0 Å². The minimum Gasteiger partial charge on any atom is -0.493 e. The lowest BCUT2D eigenvalue weighted by molar-refractivity contribution is 0.264. The van der Waals surface area contributed by atoms with Crippen LogP contribution < -0.4 is 4.74 Å². The van der Waals surface area contributed by atoms with Crippen LogP contribution in [0.1, 0.15) is 20.3 Å². The van der Waals surface area contributed by atoms with Crippen LogP contribution in [0.15, 0.2) is 29.2 Å². The van der Waals surface area contributed by atoms with E-state index in [0.717, 1.165) is 6.26 Å². The van der Waals surface area contributed by atoms with Crippen LogP contribution in [0.2, 0.25) is 0 Å². The van der Waals surface area contributed by atoms with Crippen LogP contribution >= 0.6 is 0 Å². The first-order chi connectivity index (χ1) is 8.24. The number of hydrogen-bond donors (Lipinski definition) is 0. The summed E-state index contributed by atoms with van der Waals surface area (Å²) < 4.78 is 28.2. The number of hydrogen-bond acceptors (Lipinski definition) is 4. The molecule has 0 aliphatic carbocycles. The Labute approximate surface area is 108 Å². The average molecular weight is 267 g/mol. The van der Waals surface area contributed by atoms with Crippen LogP contribution in [0.3, 0.4) is 0 Å². The summed E-state index contributed by atoms with van der Waals surface area (Å²) in [6.07, 6.45) is 1.75. The van der Waals surface area contributed by atoms with E-state index in [0.29, 0.717) is 18.8 Å². The van der Waals surface area contributed by atoms with E-state index in [1.807, 2.05) is 13.8 Å². The molecule has 5 heteroatoms. The highest BCUT2D eigenvalue weighted by atomic mass is 32.2. The van der Waals surface area contributed by atoms with E-state index in [2.05, 4.69) is 6.07 Å². The van der Waals surface area contributed by atoms with Crippen molar-refractivity contribution in [3.8, 4) is 11.8 Å². The minimum absolute atomic E-state index is 0.236. The minimum atomic E-state index is -3.22. The second-order valence-corrected chi connectivity index (χ2v) is 6.86. The van der Waals surface area contributed by atoms with Gasteiger partial charge in [0.05, 0.1) is 23.0 Å². The van der Waals surface area contributed by atoms with Crippen LogP contribution in [0.25, 0.3) is 0 Å². The maximum absolute atomic E-state index is 11.4. The van der Waals surface area contributed by atoms with Gasteiger partial charge in [0.15, 0.2) is 9.84 Å². The average Bonchev–Trinajstić information content (AvgIpc) is 2.28. The highest BCUT2D eigenvalue weighted by molar-refractivity contribution is 7.90. The summed E-state index contributed by atoms with van der Waals surface area (Å²) >= 11 is 0. The lowest BCUT2D eigenvalue weighted by Gasteiger charge is -2.15. The molecule has 4 nitrogen and oxygen atoms in total. The number of nitrogens with zero attached hydrogens (tertiary/aromatic N) is 1. The van der Waals surface area contributed by atoms with Gasteiger partial charge < -0.3 is 4.74 Å². The molecule has 98 valence electrons. The van der Waals surface area contributed by atoms with Crippen LogP contribution in [-0.4, -0.2) is 21.3 Å². The fourth-order valence-corrected chi connectivity index (χ4v) is 1.93.